The van der Waals surface area contributed by atoms with Crippen molar-refractivity contribution in [1.82, 2.24) is 4.98 Å². The van der Waals surface area contributed by atoms with Gasteiger partial charge in [0.1, 0.15) is 12.4 Å². The van der Waals surface area contributed by atoms with E-state index in [-0.39, 0.29) is 0 Å². The van der Waals surface area contributed by atoms with E-state index in [4.69, 9.17) is 0 Å². The third-order valence-corrected chi connectivity index (χ3v) is 7.14. The van der Waals surface area contributed by atoms with Crippen LogP contribution < -0.4 is 4.57 Å². The molecule has 182 valence electrons. The summed E-state index contributed by atoms with van der Waals surface area (Å²) in [5.41, 5.74) is 0. The van der Waals surface area contributed by atoms with Crippen molar-refractivity contribution in [3.8, 4) is 0 Å². The maximum absolute atomic E-state index is 3.66. The highest BCUT2D eigenvalue weighted by Gasteiger charge is 2.25. The third-order valence-electron chi connectivity index (χ3n) is 7.14. The van der Waals surface area contributed by atoms with Crippen LogP contribution in [0.25, 0.3) is 0 Å². The van der Waals surface area contributed by atoms with E-state index in [1.54, 1.807) is 0 Å². The van der Waals surface area contributed by atoms with E-state index in [2.05, 4.69) is 49.6 Å². The van der Waals surface area contributed by atoms with Gasteiger partial charge in [0.05, 0.1) is 12.0 Å². The lowest BCUT2D eigenvalue weighted by Gasteiger charge is -2.17. The van der Waals surface area contributed by atoms with Crippen LogP contribution >= 0.6 is 0 Å². The molecule has 2 atom stereocenters. The molecular formula is C29H57N2+. The second-order valence-electron chi connectivity index (χ2n) is 10.1. The summed E-state index contributed by atoms with van der Waals surface area (Å²) in [6, 6.07) is 0.625. The molecule has 31 heavy (non-hydrogen) atoms. The molecule has 0 aliphatic carbocycles. The zero-order valence-electron chi connectivity index (χ0n) is 21.9. The highest BCUT2D eigenvalue weighted by atomic mass is 15.1. The lowest BCUT2D eigenvalue weighted by Crippen LogP contribution is -2.41. The number of nitrogens with one attached hydrogen (secondary N) is 1. The number of H-pyrrole nitrogens is 1. The fourth-order valence-corrected chi connectivity index (χ4v) is 5.00. The fraction of sp³-hybridized carbons (Fsp3) is 0.897. The van der Waals surface area contributed by atoms with Gasteiger partial charge in [0.15, 0.2) is 0 Å². The van der Waals surface area contributed by atoms with Crippen molar-refractivity contribution in [3.05, 3.63) is 18.2 Å². The SMILES string of the molecule is CCCCCCCCCCCC(CCCC)c1[nH]cc[n+]1C(C)CCCCCCCC. The molecule has 1 rings (SSSR count). The van der Waals surface area contributed by atoms with Gasteiger partial charge in [0.2, 0.25) is 0 Å². The zero-order valence-corrected chi connectivity index (χ0v) is 21.9. The first-order valence-corrected chi connectivity index (χ1v) is 14.3. The largest absolute Gasteiger partial charge is 0.257 e. The van der Waals surface area contributed by atoms with Gasteiger partial charge in [0.25, 0.3) is 5.82 Å². The molecule has 0 saturated carbocycles. The van der Waals surface area contributed by atoms with Gasteiger partial charge in [-0.15, -0.1) is 0 Å². The summed E-state index contributed by atoms with van der Waals surface area (Å²) in [6.07, 6.45) is 32.4. The number of imidazole rings is 1. The molecule has 0 bridgehead atoms. The summed E-state index contributed by atoms with van der Waals surface area (Å²) in [5.74, 6) is 2.22. The van der Waals surface area contributed by atoms with Crippen molar-refractivity contribution in [2.45, 2.75) is 168 Å². The van der Waals surface area contributed by atoms with Crippen molar-refractivity contribution >= 4 is 0 Å². The number of aromatic amines is 1. The maximum atomic E-state index is 3.66. The van der Waals surface area contributed by atoms with Crippen LogP contribution in [0.4, 0.5) is 0 Å². The highest BCUT2D eigenvalue weighted by molar-refractivity contribution is 4.90. The number of rotatable bonds is 22. The first-order valence-electron chi connectivity index (χ1n) is 14.3. The van der Waals surface area contributed by atoms with Crippen molar-refractivity contribution in [1.29, 1.82) is 0 Å². The molecule has 0 aromatic carbocycles. The fourth-order valence-electron chi connectivity index (χ4n) is 5.00. The minimum absolute atomic E-state index is 0.625. The number of nitrogens with zero attached hydrogens (tertiary/aromatic N) is 1. The smallest absolute Gasteiger partial charge is 0.247 e. The first kappa shape index (κ1) is 28.2. The molecule has 1 aromatic heterocycles. The Balaban J connectivity index is 2.40. The van der Waals surface area contributed by atoms with Gasteiger partial charge in [-0.2, -0.15) is 0 Å². The molecule has 0 radical (unpaired) electrons. The third kappa shape index (κ3) is 13.4. The predicted octanol–water partition coefficient (Wildman–Crippen LogP) is 9.81. The molecule has 2 heteroatoms. The lowest BCUT2D eigenvalue weighted by atomic mass is 9.93. The molecule has 0 aliphatic heterocycles. The van der Waals surface area contributed by atoms with Crippen LogP contribution in [-0.4, -0.2) is 4.98 Å². The zero-order chi connectivity index (χ0) is 22.6. The minimum atomic E-state index is 0.625. The summed E-state index contributed by atoms with van der Waals surface area (Å²) in [6.45, 7) is 9.37. The molecule has 2 unspecified atom stereocenters. The molecule has 0 amide bonds. The van der Waals surface area contributed by atoms with Gasteiger partial charge in [0, 0.05) is 0 Å². The van der Waals surface area contributed by atoms with Crippen LogP contribution in [0, 0.1) is 0 Å². The second kappa shape index (κ2) is 19.9. The van der Waals surface area contributed by atoms with E-state index >= 15 is 0 Å². The van der Waals surface area contributed by atoms with Crippen LogP contribution in [0.15, 0.2) is 12.4 Å². The molecule has 2 nitrogen and oxygen atoms in total. The summed E-state index contributed by atoms with van der Waals surface area (Å²) in [4.78, 5) is 3.66. The van der Waals surface area contributed by atoms with Gasteiger partial charge in [-0.25, -0.2) is 9.55 Å². The Hall–Kier alpha value is -0.790. The Morgan fingerprint density at radius 3 is 1.61 bits per heavy atom. The van der Waals surface area contributed by atoms with Gasteiger partial charge >= 0.3 is 0 Å². The molecule has 0 spiro atoms. The summed E-state index contributed by atoms with van der Waals surface area (Å²) >= 11 is 0. The van der Waals surface area contributed by atoms with Crippen LogP contribution in [0.5, 0.6) is 0 Å². The number of unbranched alkanes of at least 4 members (excludes halogenated alkanes) is 14. The van der Waals surface area contributed by atoms with E-state index in [1.165, 1.54) is 134 Å². The van der Waals surface area contributed by atoms with Crippen LogP contribution in [0.2, 0.25) is 0 Å². The summed E-state index contributed by atoms with van der Waals surface area (Å²) in [7, 11) is 0. The van der Waals surface area contributed by atoms with Gasteiger partial charge < -0.3 is 0 Å². The quantitative estimate of drug-likeness (QED) is 0.139. The maximum Gasteiger partial charge on any atom is 0.257 e. The predicted molar refractivity (Wildman–Crippen MR) is 138 cm³/mol. The minimum Gasteiger partial charge on any atom is -0.247 e. The lowest BCUT2D eigenvalue weighted by molar-refractivity contribution is -0.727. The Labute approximate surface area is 196 Å². The Kier molecular flexibility index (Phi) is 18.1. The van der Waals surface area contributed by atoms with E-state index in [0.717, 1.165) is 0 Å². The van der Waals surface area contributed by atoms with Gasteiger partial charge in [-0.3, -0.25) is 0 Å². The van der Waals surface area contributed by atoms with Crippen molar-refractivity contribution in [2.75, 3.05) is 0 Å². The molecular weight excluding hydrogens is 376 g/mol. The topological polar surface area (TPSA) is 19.7 Å². The molecule has 0 saturated heterocycles. The van der Waals surface area contributed by atoms with Crippen LogP contribution in [0.3, 0.4) is 0 Å². The average Bonchev–Trinajstić information content (AvgIpc) is 3.27. The second-order valence-corrected chi connectivity index (χ2v) is 10.1. The molecule has 0 aliphatic rings. The monoisotopic (exact) mass is 433 g/mol. The van der Waals surface area contributed by atoms with Crippen molar-refractivity contribution in [2.24, 2.45) is 0 Å². The Bertz CT molecular complexity index is 493. The molecule has 1 N–H and O–H groups in total. The Morgan fingerprint density at radius 2 is 1.06 bits per heavy atom. The summed E-state index contributed by atoms with van der Waals surface area (Å²) < 4.78 is 2.58. The summed E-state index contributed by atoms with van der Waals surface area (Å²) in [5, 5.41) is 0. The normalized spacial score (nSPS) is 13.5. The molecule has 1 aromatic rings. The number of hydrogen-bond acceptors (Lipinski definition) is 0. The molecule has 0 fully saturated rings. The number of hydrogen-bond donors (Lipinski definition) is 1. The van der Waals surface area contributed by atoms with Crippen LogP contribution in [0.1, 0.15) is 174 Å². The standard InChI is InChI=1S/C29H56N2/c1-5-8-11-13-15-16-17-19-21-24-28(23-10-7-3)29-30-25-26-31(29)27(4)22-20-18-14-12-9-6-2/h25-28H,5-24H2,1-4H3/p+1. The molecule has 1 heterocycles. The van der Waals surface area contributed by atoms with E-state index in [0.29, 0.717) is 12.0 Å². The number of aromatic nitrogens is 2. The van der Waals surface area contributed by atoms with Crippen molar-refractivity contribution in [3.63, 3.8) is 0 Å². The van der Waals surface area contributed by atoms with Crippen molar-refractivity contribution < 1.29 is 4.57 Å². The Morgan fingerprint density at radius 1 is 0.613 bits per heavy atom. The van der Waals surface area contributed by atoms with E-state index in [9.17, 15) is 0 Å². The average molecular weight is 434 g/mol. The van der Waals surface area contributed by atoms with E-state index in [1.807, 2.05) is 0 Å². The van der Waals surface area contributed by atoms with Gasteiger partial charge in [-0.1, -0.05) is 124 Å². The van der Waals surface area contributed by atoms with E-state index < -0.39 is 0 Å². The van der Waals surface area contributed by atoms with Crippen LogP contribution in [-0.2, 0) is 0 Å². The first-order chi connectivity index (χ1) is 15.2. The van der Waals surface area contributed by atoms with Gasteiger partial charge in [-0.05, 0) is 32.6 Å². The highest BCUT2D eigenvalue weighted by Crippen LogP contribution is 2.26.